The van der Waals surface area contributed by atoms with Crippen molar-refractivity contribution in [3.8, 4) is 0 Å². The number of hydrogen-bond donors (Lipinski definition) is 3. The van der Waals surface area contributed by atoms with Gasteiger partial charge in [0.1, 0.15) is 6.10 Å². The van der Waals surface area contributed by atoms with Gasteiger partial charge in [0, 0.05) is 25.8 Å². The van der Waals surface area contributed by atoms with E-state index in [1.807, 2.05) is 26.0 Å². The van der Waals surface area contributed by atoms with E-state index >= 15 is 0 Å². The van der Waals surface area contributed by atoms with Crippen LogP contribution in [0.15, 0.2) is 36.0 Å². The van der Waals surface area contributed by atoms with Crippen LogP contribution < -0.4 is 10.8 Å². The molecule has 3 N–H and O–H groups in total. The fourth-order valence-electron chi connectivity index (χ4n) is 5.13. The van der Waals surface area contributed by atoms with Crippen molar-refractivity contribution in [3.05, 3.63) is 36.0 Å². The Balaban J connectivity index is 1.47. The number of ether oxygens (including phenoxy) is 4. The molecule has 3 fully saturated rings. The molecule has 0 aromatic carbocycles. The predicted molar refractivity (Wildman–Crippen MR) is 139 cm³/mol. The van der Waals surface area contributed by atoms with Crippen molar-refractivity contribution in [1.82, 2.24) is 10.8 Å². The summed E-state index contributed by atoms with van der Waals surface area (Å²) in [6.45, 7) is 9.83. The summed E-state index contributed by atoms with van der Waals surface area (Å²) in [6, 6.07) is -0.103. The van der Waals surface area contributed by atoms with Crippen LogP contribution in [-0.2, 0) is 33.3 Å². The minimum atomic E-state index is -0.465. The molecule has 0 bridgehead atoms. The largest absolute Gasteiger partial charge is 0.459 e. The number of amides is 2. The van der Waals surface area contributed by atoms with Gasteiger partial charge in [-0.2, -0.15) is 0 Å². The van der Waals surface area contributed by atoms with Gasteiger partial charge in [0.2, 0.25) is 11.8 Å². The van der Waals surface area contributed by atoms with Gasteiger partial charge in [0.25, 0.3) is 0 Å². The van der Waals surface area contributed by atoms with Gasteiger partial charge in [0.05, 0.1) is 49.1 Å². The van der Waals surface area contributed by atoms with E-state index in [4.69, 9.17) is 24.2 Å². The van der Waals surface area contributed by atoms with Gasteiger partial charge < -0.3 is 24.3 Å². The molecular formula is C28H42N2O8. The maximum atomic E-state index is 12.3. The maximum absolute atomic E-state index is 12.3. The number of allylic oxidation sites excluding steroid dienone is 2. The first-order valence-electron chi connectivity index (χ1n) is 13.4. The standard InChI is InChI=1S/C28H42N2O8/c1-17(6-9-22-14-28(16-35-28)15-23(38-22)13-27(33)30-34)7-10-25-18(2)12-24(20(4)37-25)29-26(32)11-8-19(3)36-21(5)31/h6-9,11,18-20,22-25,34H,10,12-16H2,1-5H3,(H,29,32)(H,30,33). The lowest BCUT2D eigenvalue weighted by Crippen LogP contribution is -2.50. The Hall–Kier alpha value is -2.53. The molecule has 0 aliphatic carbocycles. The van der Waals surface area contributed by atoms with Crippen molar-refractivity contribution >= 4 is 17.8 Å². The third kappa shape index (κ3) is 9.34. The highest BCUT2D eigenvalue weighted by Crippen LogP contribution is 2.43. The molecule has 1 spiro atoms. The first kappa shape index (κ1) is 30.0. The molecule has 0 radical (unpaired) electrons. The number of hydrogen-bond acceptors (Lipinski definition) is 8. The van der Waals surface area contributed by atoms with Crippen molar-refractivity contribution in [2.75, 3.05) is 6.61 Å². The van der Waals surface area contributed by atoms with Crippen LogP contribution in [0.25, 0.3) is 0 Å². The predicted octanol–water partition coefficient (Wildman–Crippen LogP) is 2.90. The van der Waals surface area contributed by atoms with E-state index in [1.165, 1.54) is 13.0 Å². The van der Waals surface area contributed by atoms with Gasteiger partial charge in [-0.3, -0.25) is 19.6 Å². The maximum Gasteiger partial charge on any atom is 0.303 e. The Labute approximate surface area is 224 Å². The van der Waals surface area contributed by atoms with Gasteiger partial charge in [-0.05, 0) is 45.6 Å². The fourth-order valence-corrected chi connectivity index (χ4v) is 5.13. The zero-order valence-corrected chi connectivity index (χ0v) is 23.0. The number of esters is 1. The van der Waals surface area contributed by atoms with E-state index in [9.17, 15) is 14.4 Å². The van der Waals surface area contributed by atoms with Crippen molar-refractivity contribution < 1.29 is 38.5 Å². The summed E-state index contributed by atoms with van der Waals surface area (Å²) in [5, 5.41) is 11.8. The fraction of sp³-hybridized carbons (Fsp3) is 0.679. The molecule has 2 amide bonds. The third-order valence-corrected chi connectivity index (χ3v) is 7.29. The quantitative estimate of drug-likeness (QED) is 0.0972. The van der Waals surface area contributed by atoms with Crippen molar-refractivity contribution in [1.29, 1.82) is 0 Å². The minimum absolute atomic E-state index is 0.0384. The third-order valence-electron chi connectivity index (χ3n) is 7.29. The molecule has 0 aromatic rings. The van der Waals surface area contributed by atoms with Crippen LogP contribution in [-0.4, -0.2) is 71.8 Å². The highest BCUT2D eigenvalue weighted by atomic mass is 16.6. The Morgan fingerprint density at radius 1 is 1.16 bits per heavy atom. The normalized spacial score (nSPS) is 34.3. The number of nitrogens with one attached hydrogen (secondary N) is 2. The first-order valence-corrected chi connectivity index (χ1v) is 13.4. The topological polar surface area (TPSA) is 136 Å². The Morgan fingerprint density at radius 3 is 2.55 bits per heavy atom. The molecule has 3 aliphatic rings. The van der Waals surface area contributed by atoms with Crippen molar-refractivity contribution in [3.63, 3.8) is 0 Å². The van der Waals surface area contributed by atoms with Crippen LogP contribution in [0.3, 0.4) is 0 Å². The van der Waals surface area contributed by atoms with E-state index in [0.29, 0.717) is 13.0 Å². The van der Waals surface area contributed by atoms with Crippen molar-refractivity contribution in [2.24, 2.45) is 5.92 Å². The number of epoxide rings is 1. The minimum Gasteiger partial charge on any atom is -0.459 e. The highest BCUT2D eigenvalue weighted by molar-refractivity contribution is 5.87. The number of carbonyl (C=O) groups excluding carboxylic acids is 3. The molecule has 10 nitrogen and oxygen atoms in total. The van der Waals surface area contributed by atoms with E-state index in [0.717, 1.165) is 24.8 Å². The molecule has 38 heavy (non-hydrogen) atoms. The number of carbonyl (C=O) groups is 3. The summed E-state index contributed by atoms with van der Waals surface area (Å²) in [5.41, 5.74) is 2.54. The van der Waals surface area contributed by atoms with Gasteiger partial charge in [0.15, 0.2) is 0 Å². The lowest BCUT2D eigenvalue weighted by molar-refractivity contribution is -0.143. The second-order valence-electron chi connectivity index (χ2n) is 10.8. The molecule has 0 saturated carbocycles. The molecule has 212 valence electrons. The summed E-state index contributed by atoms with van der Waals surface area (Å²) in [6.07, 6.45) is 11.2. The Morgan fingerprint density at radius 2 is 1.89 bits per heavy atom. The van der Waals surface area contributed by atoms with Crippen LogP contribution in [0.2, 0.25) is 0 Å². The molecule has 0 aromatic heterocycles. The van der Waals surface area contributed by atoms with Crippen LogP contribution in [0.5, 0.6) is 0 Å². The summed E-state index contributed by atoms with van der Waals surface area (Å²) < 4.78 is 23.0. The molecular weight excluding hydrogens is 492 g/mol. The van der Waals surface area contributed by atoms with Gasteiger partial charge >= 0.3 is 5.97 Å². The number of hydroxylamine groups is 1. The highest BCUT2D eigenvalue weighted by Gasteiger charge is 2.51. The van der Waals surface area contributed by atoms with Crippen LogP contribution >= 0.6 is 0 Å². The first-order chi connectivity index (χ1) is 18.0. The average Bonchev–Trinajstić information content (AvgIpc) is 3.59. The monoisotopic (exact) mass is 534 g/mol. The molecule has 3 heterocycles. The average molecular weight is 535 g/mol. The van der Waals surface area contributed by atoms with E-state index in [1.54, 1.807) is 18.5 Å². The van der Waals surface area contributed by atoms with Crippen molar-refractivity contribution in [2.45, 2.75) is 109 Å². The Bertz CT molecular complexity index is 941. The van der Waals surface area contributed by atoms with Gasteiger partial charge in [-0.25, -0.2) is 5.48 Å². The molecule has 8 atom stereocenters. The molecule has 3 saturated heterocycles. The smallest absolute Gasteiger partial charge is 0.303 e. The molecule has 3 aliphatic heterocycles. The zero-order chi connectivity index (χ0) is 27.9. The number of rotatable bonds is 10. The molecule has 10 heteroatoms. The van der Waals surface area contributed by atoms with Gasteiger partial charge in [-0.1, -0.05) is 30.7 Å². The van der Waals surface area contributed by atoms with Crippen LogP contribution in [0.1, 0.15) is 66.7 Å². The lowest BCUT2D eigenvalue weighted by atomic mass is 9.88. The summed E-state index contributed by atoms with van der Waals surface area (Å²) in [5.74, 6) is -0.841. The lowest BCUT2D eigenvalue weighted by Gasteiger charge is -2.39. The van der Waals surface area contributed by atoms with Crippen LogP contribution in [0, 0.1) is 5.92 Å². The zero-order valence-electron chi connectivity index (χ0n) is 23.0. The molecule has 8 unspecified atom stereocenters. The SMILES string of the molecule is CC(=O)OC(C)C=CC(=O)NC1CC(C)C(CC=C(C)C=CC2CC3(CO3)CC(CC(=O)NO)O2)OC1C. The van der Waals surface area contributed by atoms with E-state index in [2.05, 4.69) is 18.3 Å². The van der Waals surface area contributed by atoms with E-state index in [-0.39, 0.29) is 54.3 Å². The summed E-state index contributed by atoms with van der Waals surface area (Å²) in [4.78, 5) is 34.9. The van der Waals surface area contributed by atoms with Crippen LogP contribution in [0.4, 0.5) is 0 Å². The molecule has 3 rings (SSSR count). The second-order valence-corrected chi connectivity index (χ2v) is 10.8. The summed E-state index contributed by atoms with van der Waals surface area (Å²) in [7, 11) is 0. The summed E-state index contributed by atoms with van der Waals surface area (Å²) >= 11 is 0. The Kier molecular flexibility index (Phi) is 10.7. The van der Waals surface area contributed by atoms with Gasteiger partial charge in [-0.15, -0.1) is 0 Å². The van der Waals surface area contributed by atoms with E-state index < -0.39 is 18.0 Å². The second kappa shape index (κ2) is 13.5.